The Morgan fingerprint density at radius 2 is 1.86 bits per heavy atom. The number of rotatable bonds is 7. The smallest absolute Gasteiger partial charge is 0.222 e. The van der Waals surface area contributed by atoms with E-state index >= 15 is 0 Å². The van der Waals surface area contributed by atoms with E-state index in [1.807, 2.05) is 0 Å². The summed E-state index contributed by atoms with van der Waals surface area (Å²) in [6.07, 6.45) is 5.41. The fourth-order valence-corrected chi connectivity index (χ4v) is 4.48. The first kappa shape index (κ1) is 20.0. The van der Waals surface area contributed by atoms with Crippen molar-refractivity contribution in [3.63, 3.8) is 0 Å². The van der Waals surface area contributed by atoms with Crippen molar-refractivity contribution >= 4 is 5.91 Å². The van der Waals surface area contributed by atoms with Crippen molar-refractivity contribution < 1.29 is 9.32 Å². The second-order valence-corrected chi connectivity index (χ2v) is 8.27. The second kappa shape index (κ2) is 9.98. The van der Waals surface area contributed by atoms with Crippen molar-refractivity contribution in [1.29, 1.82) is 0 Å². The molecule has 2 aliphatic rings. The van der Waals surface area contributed by atoms with Crippen LogP contribution in [0.15, 0.2) is 41.2 Å². The summed E-state index contributed by atoms with van der Waals surface area (Å²) >= 11 is 0. The number of aromatic nitrogens is 2. The Bertz CT molecular complexity index is 744. The van der Waals surface area contributed by atoms with Crippen LogP contribution in [0.5, 0.6) is 0 Å². The molecule has 1 atom stereocenters. The lowest BCUT2D eigenvalue weighted by atomic mass is 9.93. The Morgan fingerprint density at radius 3 is 2.62 bits per heavy atom. The molecule has 29 heavy (non-hydrogen) atoms. The van der Waals surface area contributed by atoms with Crippen LogP contribution in [0, 0.1) is 5.92 Å². The van der Waals surface area contributed by atoms with Crippen LogP contribution in [0.1, 0.15) is 37.1 Å². The Balaban J connectivity index is 1.16. The topological polar surface area (TPSA) is 65.7 Å². The summed E-state index contributed by atoms with van der Waals surface area (Å²) in [5, 5.41) is 3.91. The normalized spacial score (nSPS) is 21.4. The summed E-state index contributed by atoms with van der Waals surface area (Å²) in [6.45, 7) is 7.42. The molecule has 2 aromatic rings. The molecule has 2 saturated heterocycles. The first-order valence-electron chi connectivity index (χ1n) is 10.8. The summed E-state index contributed by atoms with van der Waals surface area (Å²) in [5.74, 6) is 1.65. The van der Waals surface area contributed by atoms with Gasteiger partial charge in [0.25, 0.3) is 0 Å². The van der Waals surface area contributed by atoms with E-state index < -0.39 is 0 Å². The summed E-state index contributed by atoms with van der Waals surface area (Å²) in [6, 6.07) is 10.6. The maximum Gasteiger partial charge on any atom is 0.222 e. The summed E-state index contributed by atoms with van der Waals surface area (Å²) in [7, 11) is 0. The van der Waals surface area contributed by atoms with Gasteiger partial charge < -0.3 is 9.42 Å². The minimum absolute atomic E-state index is 0.319. The number of piperidine rings is 1. The van der Waals surface area contributed by atoms with Crippen LogP contribution in [0.3, 0.4) is 0 Å². The number of amides is 1. The number of carbonyl (C=O) groups excluding carboxylic acids is 1. The van der Waals surface area contributed by atoms with E-state index in [2.05, 4.69) is 55.2 Å². The molecule has 0 bridgehead atoms. The highest BCUT2D eigenvalue weighted by Crippen LogP contribution is 2.22. The van der Waals surface area contributed by atoms with Gasteiger partial charge in [0, 0.05) is 45.7 Å². The first-order valence-corrected chi connectivity index (χ1v) is 10.8. The van der Waals surface area contributed by atoms with Gasteiger partial charge in [-0.3, -0.25) is 14.6 Å². The van der Waals surface area contributed by atoms with E-state index in [0.29, 0.717) is 18.2 Å². The van der Waals surface area contributed by atoms with Crippen LogP contribution >= 0.6 is 0 Å². The molecule has 1 aromatic carbocycles. The predicted octanol–water partition coefficient (Wildman–Crippen LogP) is 2.41. The largest absolute Gasteiger partial charge is 0.343 e. The van der Waals surface area contributed by atoms with Crippen molar-refractivity contribution in [2.75, 3.05) is 39.3 Å². The molecule has 0 N–H and O–H groups in total. The maximum absolute atomic E-state index is 12.7. The lowest BCUT2D eigenvalue weighted by Crippen LogP contribution is -2.48. The van der Waals surface area contributed by atoms with Crippen LogP contribution in [0.25, 0.3) is 0 Å². The zero-order chi connectivity index (χ0) is 19.9. The number of likely N-dealkylation sites (tertiary alicyclic amines) is 1. The summed E-state index contributed by atoms with van der Waals surface area (Å²) < 4.78 is 4.83. The minimum Gasteiger partial charge on any atom is -0.343 e. The van der Waals surface area contributed by atoms with Crippen LogP contribution in [0.4, 0.5) is 0 Å². The van der Waals surface area contributed by atoms with Crippen molar-refractivity contribution in [3.8, 4) is 0 Å². The lowest BCUT2D eigenvalue weighted by molar-refractivity contribution is -0.133. The Hall–Kier alpha value is -2.25. The highest BCUT2D eigenvalue weighted by molar-refractivity contribution is 5.76. The standard InChI is InChI=1S/C22H31N5O2/c28-22(27-13-11-25(12-14-27)15-19-5-2-1-3-6-19)9-8-20-7-4-10-26(16-20)17-21-23-18-29-24-21/h1-3,5-6,18,20H,4,7-17H2/t20-/m0/s1. The van der Waals surface area contributed by atoms with Gasteiger partial charge in [-0.25, -0.2) is 0 Å². The molecule has 0 radical (unpaired) electrons. The van der Waals surface area contributed by atoms with Gasteiger partial charge in [-0.2, -0.15) is 4.98 Å². The molecule has 2 fully saturated rings. The molecule has 0 spiro atoms. The second-order valence-electron chi connectivity index (χ2n) is 8.27. The average molecular weight is 398 g/mol. The van der Waals surface area contributed by atoms with Crippen molar-refractivity contribution in [2.45, 2.75) is 38.8 Å². The molecule has 0 unspecified atom stereocenters. The molecular weight excluding hydrogens is 366 g/mol. The molecule has 0 saturated carbocycles. The highest BCUT2D eigenvalue weighted by atomic mass is 16.5. The summed E-state index contributed by atoms with van der Waals surface area (Å²) in [5.41, 5.74) is 1.34. The third kappa shape index (κ3) is 5.87. The van der Waals surface area contributed by atoms with Crippen molar-refractivity contribution in [1.82, 2.24) is 24.8 Å². The van der Waals surface area contributed by atoms with E-state index in [1.54, 1.807) is 0 Å². The minimum atomic E-state index is 0.319. The van der Waals surface area contributed by atoms with Gasteiger partial charge in [-0.15, -0.1) is 0 Å². The summed E-state index contributed by atoms with van der Waals surface area (Å²) in [4.78, 5) is 23.7. The SMILES string of the molecule is O=C(CC[C@@H]1CCCN(Cc2ncon2)C1)N1CCN(Cc2ccccc2)CC1. The number of carbonyl (C=O) groups is 1. The van der Waals surface area contributed by atoms with Gasteiger partial charge in [-0.05, 0) is 37.3 Å². The van der Waals surface area contributed by atoms with E-state index in [4.69, 9.17) is 4.52 Å². The predicted molar refractivity (Wildman–Crippen MR) is 110 cm³/mol. The van der Waals surface area contributed by atoms with Crippen LogP contribution in [0.2, 0.25) is 0 Å². The first-order chi connectivity index (χ1) is 14.3. The van der Waals surface area contributed by atoms with E-state index in [-0.39, 0.29) is 0 Å². The molecule has 4 rings (SSSR count). The van der Waals surface area contributed by atoms with Crippen LogP contribution in [-0.4, -0.2) is 70.0 Å². The molecule has 3 heterocycles. The molecule has 1 aromatic heterocycles. The number of hydrogen-bond donors (Lipinski definition) is 0. The fourth-order valence-electron chi connectivity index (χ4n) is 4.48. The van der Waals surface area contributed by atoms with Gasteiger partial charge in [0.1, 0.15) is 0 Å². The van der Waals surface area contributed by atoms with E-state index in [0.717, 1.165) is 64.6 Å². The molecule has 7 nitrogen and oxygen atoms in total. The quantitative estimate of drug-likeness (QED) is 0.715. The van der Waals surface area contributed by atoms with Gasteiger partial charge >= 0.3 is 0 Å². The lowest BCUT2D eigenvalue weighted by Gasteiger charge is -2.35. The van der Waals surface area contributed by atoms with E-state index in [1.165, 1.54) is 24.8 Å². The number of nitrogens with zero attached hydrogens (tertiary/aromatic N) is 5. The van der Waals surface area contributed by atoms with Gasteiger partial charge in [0.15, 0.2) is 5.82 Å². The monoisotopic (exact) mass is 397 g/mol. The molecule has 7 heteroatoms. The molecule has 2 aliphatic heterocycles. The Kier molecular flexibility index (Phi) is 6.90. The number of hydrogen-bond acceptors (Lipinski definition) is 6. The fraction of sp³-hybridized carbons (Fsp3) is 0.591. The third-order valence-corrected chi connectivity index (χ3v) is 6.12. The third-order valence-electron chi connectivity index (χ3n) is 6.12. The highest BCUT2D eigenvalue weighted by Gasteiger charge is 2.24. The van der Waals surface area contributed by atoms with Gasteiger partial charge in [0.2, 0.25) is 12.3 Å². The molecule has 0 aliphatic carbocycles. The van der Waals surface area contributed by atoms with Crippen molar-refractivity contribution in [3.05, 3.63) is 48.1 Å². The number of benzene rings is 1. The molecular formula is C22H31N5O2. The maximum atomic E-state index is 12.7. The zero-order valence-corrected chi connectivity index (χ0v) is 17.1. The van der Waals surface area contributed by atoms with Crippen LogP contribution < -0.4 is 0 Å². The molecule has 1 amide bonds. The zero-order valence-electron chi connectivity index (χ0n) is 17.1. The van der Waals surface area contributed by atoms with Gasteiger partial charge in [0.05, 0.1) is 6.54 Å². The van der Waals surface area contributed by atoms with Crippen LogP contribution in [-0.2, 0) is 17.9 Å². The van der Waals surface area contributed by atoms with Crippen molar-refractivity contribution in [2.24, 2.45) is 5.92 Å². The Morgan fingerprint density at radius 1 is 1.03 bits per heavy atom. The average Bonchev–Trinajstić information content (AvgIpc) is 3.27. The molecule has 156 valence electrons. The Labute approximate surface area is 172 Å². The van der Waals surface area contributed by atoms with E-state index in [9.17, 15) is 4.79 Å². The number of piperazine rings is 1. The van der Waals surface area contributed by atoms with Gasteiger partial charge in [-0.1, -0.05) is 35.5 Å².